The van der Waals surface area contributed by atoms with Gasteiger partial charge in [0.1, 0.15) is 5.69 Å². The number of carbonyl (C=O) groups excluding carboxylic acids is 1. The highest BCUT2D eigenvalue weighted by Crippen LogP contribution is 2.32. The number of hydrogen-bond donors (Lipinski definition) is 0. The highest BCUT2D eigenvalue weighted by atomic mass is 79.9. The van der Waals surface area contributed by atoms with Gasteiger partial charge in [0.25, 0.3) is 0 Å². The van der Waals surface area contributed by atoms with Crippen LogP contribution in [0.25, 0.3) is 0 Å². The van der Waals surface area contributed by atoms with E-state index < -0.39 is 0 Å². The number of ether oxygens (including phenoxy) is 1. The van der Waals surface area contributed by atoms with Gasteiger partial charge in [0.15, 0.2) is 5.78 Å². The molecule has 1 heterocycles. The Hall–Kier alpha value is -0.680. The van der Waals surface area contributed by atoms with Gasteiger partial charge in [-0.05, 0) is 34.7 Å². The van der Waals surface area contributed by atoms with E-state index in [-0.39, 0.29) is 11.7 Å². The summed E-state index contributed by atoms with van der Waals surface area (Å²) in [5.41, 5.74) is 0.705. The summed E-state index contributed by atoms with van der Waals surface area (Å²) >= 11 is 3.44. The minimum absolute atomic E-state index is 0.158. The van der Waals surface area contributed by atoms with Crippen molar-refractivity contribution in [2.75, 3.05) is 13.7 Å². The van der Waals surface area contributed by atoms with Crippen LogP contribution in [-0.2, 0) is 11.3 Å². The lowest BCUT2D eigenvalue weighted by Crippen LogP contribution is -2.24. The third-order valence-electron chi connectivity index (χ3n) is 3.92. The van der Waals surface area contributed by atoms with Crippen molar-refractivity contribution >= 4 is 21.7 Å². The Balaban J connectivity index is 2.11. The molecular formula is C14H21BrN2O2. The maximum absolute atomic E-state index is 12.6. The predicted molar refractivity (Wildman–Crippen MR) is 77.3 cm³/mol. The van der Waals surface area contributed by atoms with Crippen molar-refractivity contribution in [3.8, 4) is 0 Å². The van der Waals surface area contributed by atoms with Gasteiger partial charge < -0.3 is 4.74 Å². The normalized spacial score (nSPS) is 23.5. The Morgan fingerprint density at radius 3 is 2.79 bits per heavy atom. The van der Waals surface area contributed by atoms with Crippen molar-refractivity contribution in [1.29, 1.82) is 0 Å². The van der Waals surface area contributed by atoms with E-state index in [0.717, 1.165) is 36.1 Å². The molecule has 106 valence electrons. The first-order chi connectivity index (χ1) is 9.13. The van der Waals surface area contributed by atoms with Crippen LogP contribution in [-0.4, -0.2) is 29.3 Å². The molecule has 0 N–H and O–H groups in total. The predicted octanol–water partition coefficient (Wildman–Crippen LogP) is 3.30. The SMILES string of the molecule is COCCn1ncc(Br)c1C(=O)C1CCC(C)CC1. The van der Waals surface area contributed by atoms with Crippen molar-refractivity contribution in [2.45, 2.75) is 39.2 Å². The van der Waals surface area contributed by atoms with Crippen LogP contribution >= 0.6 is 15.9 Å². The standard InChI is InChI=1S/C14H21BrN2O2/c1-10-3-5-11(6-4-10)14(18)13-12(15)9-16-17(13)7-8-19-2/h9-11H,3-8H2,1-2H3. The van der Waals surface area contributed by atoms with Gasteiger partial charge in [-0.15, -0.1) is 0 Å². The van der Waals surface area contributed by atoms with Gasteiger partial charge in [0, 0.05) is 13.0 Å². The molecule has 1 fully saturated rings. The zero-order chi connectivity index (χ0) is 13.8. The second kappa shape index (κ2) is 6.66. The van der Waals surface area contributed by atoms with Crippen LogP contribution < -0.4 is 0 Å². The van der Waals surface area contributed by atoms with E-state index in [1.54, 1.807) is 18.0 Å². The van der Waals surface area contributed by atoms with Crippen LogP contribution in [0, 0.1) is 11.8 Å². The smallest absolute Gasteiger partial charge is 0.185 e. The molecule has 0 bridgehead atoms. The Labute approximate surface area is 122 Å². The average molecular weight is 329 g/mol. The average Bonchev–Trinajstić information content (AvgIpc) is 2.77. The first-order valence-corrected chi connectivity index (χ1v) is 7.67. The molecule has 0 amide bonds. The van der Waals surface area contributed by atoms with Crippen molar-refractivity contribution in [2.24, 2.45) is 11.8 Å². The number of hydrogen-bond acceptors (Lipinski definition) is 3. The van der Waals surface area contributed by atoms with Crippen LogP contribution in [0.1, 0.15) is 43.1 Å². The fourth-order valence-corrected chi connectivity index (χ4v) is 3.16. The molecule has 0 radical (unpaired) electrons. The summed E-state index contributed by atoms with van der Waals surface area (Å²) in [5, 5.41) is 4.25. The lowest BCUT2D eigenvalue weighted by molar-refractivity contribution is 0.0860. The summed E-state index contributed by atoms with van der Waals surface area (Å²) in [5.74, 6) is 1.14. The molecule has 0 atom stereocenters. The highest BCUT2D eigenvalue weighted by molar-refractivity contribution is 9.10. The molecular weight excluding hydrogens is 308 g/mol. The number of rotatable bonds is 5. The number of methoxy groups -OCH3 is 1. The number of halogens is 1. The Morgan fingerprint density at radius 2 is 2.16 bits per heavy atom. The van der Waals surface area contributed by atoms with Gasteiger partial charge >= 0.3 is 0 Å². The molecule has 1 saturated carbocycles. The molecule has 1 aliphatic carbocycles. The van der Waals surface area contributed by atoms with Crippen LogP contribution in [0.5, 0.6) is 0 Å². The lowest BCUT2D eigenvalue weighted by atomic mass is 9.80. The number of nitrogens with zero attached hydrogens (tertiary/aromatic N) is 2. The van der Waals surface area contributed by atoms with Crippen molar-refractivity contribution in [3.05, 3.63) is 16.4 Å². The second-order valence-electron chi connectivity index (χ2n) is 5.38. The summed E-state index contributed by atoms with van der Waals surface area (Å²) in [6, 6.07) is 0. The summed E-state index contributed by atoms with van der Waals surface area (Å²) in [6.07, 6.45) is 6.01. The van der Waals surface area contributed by atoms with Gasteiger partial charge in [0.2, 0.25) is 0 Å². The Kier molecular flexibility index (Phi) is 5.16. The van der Waals surface area contributed by atoms with E-state index in [4.69, 9.17) is 4.74 Å². The fraction of sp³-hybridized carbons (Fsp3) is 0.714. The molecule has 0 unspecified atom stereocenters. The third kappa shape index (κ3) is 3.45. The zero-order valence-electron chi connectivity index (χ0n) is 11.6. The molecule has 1 aromatic heterocycles. The number of Topliss-reactive ketones (excluding diaryl/α,β-unsaturated/α-hetero) is 1. The second-order valence-corrected chi connectivity index (χ2v) is 6.23. The molecule has 1 aliphatic rings. The minimum Gasteiger partial charge on any atom is -0.383 e. The van der Waals surface area contributed by atoms with Crippen LogP contribution in [0.4, 0.5) is 0 Å². The van der Waals surface area contributed by atoms with Gasteiger partial charge in [0.05, 0.1) is 23.8 Å². The van der Waals surface area contributed by atoms with E-state index in [0.29, 0.717) is 18.8 Å². The Morgan fingerprint density at radius 1 is 1.47 bits per heavy atom. The van der Waals surface area contributed by atoms with E-state index in [1.165, 1.54) is 0 Å². The first kappa shape index (κ1) is 14.7. The Bertz CT molecular complexity index is 437. The summed E-state index contributed by atoms with van der Waals surface area (Å²) in [6.45, 7) is 3.45. The van der Waals surface area contributed by atoms with E-state index in [2.05, 4.69) is 28.0 Å². The number of aromatic nitrogens is 2. The molecule has 0 spiro atoms. The van der Waals surface area contributed by atoms with Crippen molar-refractivity contribution in [3.63, 3.8) is 0 Å². The molecule has 4 nitrogen and oxygen atoms in total. The van der Waals surface area contributed by atoms with Crippen LogP contribution in [0.15, 0.2) is 10.7 Å². The molecule has 0 aliphatic heterocycles. The van der Waals surface area contributed by atoms with Gasteiger partial charge in [-0.1, -0.05) is 19.8 Å². The monoisotopic (exact) mass is 328 g/mol. The summed E-state index contributed by atoms with van der Waals surface area (Å²) in [4.78, 5) is 12.6. The summed E-state index contributed by atoms with van der Waals surface area (Å²) < 4.78 is 7.62. The van der Waals surface area contributed by atoms with E-state index >= 15 is 0 Å². The lowest BCUT2D eigenvalue weighted by Gasteiger charge is -2.25. The van der Waals surface area contributed by atoms with Crippen molar-refractivity contribution < 1.29 is 9.53 Å². The summed E-state index contributed by atoms with van der Waals surface area (Å²) in [7, 11) is 1.66. The fourth-order valence-electron chi connectivity index (χ4n) is 2.67. The quantitative estimate of drug-likeness (QED) is 0.779. The molecule has 1 aromatic rings. The topological polar surface area (TPSA) is 44.1 Å². The maximum atomic E-state index is 12.6. The third-order valence-corrected chi connectivity index (χ3v) is 4.50. The molecule has 2 rings (SSSR count). The first-order valence-electron chi connectivity index (χ1n) is 6.88. The van der Waals surface area contributed by atoms with Crippen LogP contribution in [0.2, 0.25) is 0 Å². The highest BCUT2D eigenvalue weighted by Gasteiger charge is 2.28. The number of carbonyl (C=O) groups is 1. The zero-order valence-corrected chi connectivity index (χ0v) is 13.1. The molecule has 5 heteroatoms. The van der Waals surface area contributed by atoms with Crippen LogP contribution in [0.3, 0.4) is 0 Å². The molecule has 0 aromatic carbocycles. The van der Waals surface area contributed by atoms with Gasteiger partial charge in [-0.25, -0.2) is 0 Å². The van der Waals surface area contributed by atoms with Crippen molar-refractivity contribution in [1.82, 2.24) is 9.78 Å². The van der Waals surface area contributed by atoms with Gasteiger partial charge in [-0.2, -0.15) is 5.10 Å². The number of ketones is 1. The largest absolute Gasteiger partial charge is 0.383 e. The van der Waals surface area contributed by atoms with Gasteiger partial charge in [-0.3, -0.25) is 9.48 Å². The molecule has 19 heavy (non-hydrogen) atoms. The maximum Gasteiger partial charge on any atom is 0.185 e. The molecule has 0 saturated heterocycles. The minimum atomic E-state index is 0.158. The van der Waals surface area contributed by atoms with E-state index in [1.807, 2.05) is 0 Å². The van der Waals surface area contributed by atoms with E-state index in [9.17, 15) is 4.79 Å².